The monoisotopic (exact) mass is 479 g/mol. The van der Waals surface area contributed by atoms with E-state index in [0.717, 1.165) is 11.3 Å². The molecule has 0 atom stereocenters. The van der Waals surface area contributed by atoms with Crippen LogP contribution in [0.5, 0.6) is 0 Å². The summed E-state index contributed by atoms with van der Waals surface area (Å²) in [6.45, 7) is 12.8. The lowest BCUT2D eigenvalue weighted by atomic mass is 10.2. The second kappa shape index (κ2) is 11.8. The van der Waals surface area contributed by atoms with Gasteiger partial charge in [-0.15, -0.1) is 0 Å². The van der Waals surface area contributed by atoms with Crippen LogP contribution in [-0.2, 0) is 9.53 Å². The van der Waals surface area contributed by atoms with E-state index in [1.54, 1.807) is 67.5 Å². The van der Waals surface area contributed by atoms with Crippen LogP contribution in [0.3, 0.4) is 0 Å². The number of aromatic nitrogens is 3. The van der Waals surface area contributed by atoms with Crippen LogP contribution in [0, 0.1) is 6.92 Å². The number of nitrogens with one attached hydrogen (secondary N) is 1. The van der Waals surface area contributed by atoms with Gasteiger partial charge in [-0.25, -0.2) is 9.78 Å². The van der Waals surface area contributed by atoms with E-state index in [0.29, 0.717) is 29.5 Å². The number of fused-ring (bicyclic) bond motifs is 1. The number of aliphatic imine (C=N–C) groups is 1. The first-order valence-corrected chi connectivity index (χ1v) is 10.9. The lowest BCUT2D eigenvalue weighted by Gasteiger charge is -2.25. The number of amides is 2. The third-order valence-electron chi connectivity index (χ3n) is 4.55. The third-order valence-corrected chi connectivity index (χ3v) is 4.55. The Kier molecular flexibility index (Phi) is 9.10. The maximum Gasteiger partial charge on any atom is 0.415 e. The Morgan fingerprint density at radius 3 is 2.63 bits per heavy atom. The Hall–Kier alpha value is -4.21. The van der Waals surface area contributed by atoms with Crippen molar-refractivity contribution in [3.63, 3.8) is 0 Å². The molecule has 10 nitrogen and oxygen atoms in total. The van der Waals surface area contributed by atoms with E-state index < -0.39 is 11.7 Å². The summed E-state index contributed by atoms with van der Waals surface area (Å²) in [4.78, 5) is 35.6. The van der Waals surface area contributed by atoms with Gasteiger partial charge in [0, 0.05) is 37.6 Å². The lowest BCUT2D eigenvalue weighted by molar-refractivity contribution is -0.113. The zero-order valence-electron chi connectivity index (χ0n) is 21.3. The minimum absolute atomic E-state index is 0.466. The molecule has 10 heteroatoms. The number of rotatable bonds is 8. The van der Waals surface area contributed by atoms with Crippen molar-refractivity contribution in [2.45, 2.75) is 40.2 Å². The minimum Gasteiger partial charge on any atom is -0.443 e. The molecule has 0 unspecified atom stereocenters. The smallest absolute Gasteiger partial charge is 0.415 e. The molecule has 0 radical (unpaired) electrons. The first-order valence-electron chi connectivity index (χ1n) is 10.9. The summed E-state index contributed by atoms with van der Waals surface area (Å²) in [5.41, 5.74) is 1.58. The van der Waals surface area contributed by atoms with Gasteiger partial charge in [-0.05, 0) is 52.8 Å². The number of aryl methyl sites for hydroxylation is 1. The number of hydrogen-bond donors (Lipinski definition) is 1. The predicted molar refractivity (Wildman–Crippen MR) is 139 cm³/mol. The fourth-order valence-corrected chi connectivity index (χ4v) is 2.90. The van der Waals surface area contributed by atoms with Crippen LogP contribution in [0.25, 0.3) is 5.65 Å². The average Bonchev–Trinajstić information content (AvgIpc) is 3.16. The molecule has 0 saturated carbocycles. The fourth-order valence-electron chi connectivity index (χ4n) is 2.90. The van der Waals surface area contributed by atoms with Gasteiger partial charge in [0.1, 0.15) is 23.1 Å². The first-order chi connectivity index (χ1) is 16.5. The van der Waals surface area contributed by atoms with Crippen molar-refractivity contribution in [2.24, 2.45) is 4.99 Å². The molecule has 0 spiro atoms. The van der Waals surface area contributed by atoms with Crippen molar-refractivity contribution in [1.82, 2.24) is 19.5 Å². The topological polar surface area (TPSA) is 104 Å². The minimum atomic E-state index is -0.635. The molecule has 2 amide bonds. The highest BCUT2D eigenvalue weighted by Crippen LogP contribution is 2.23. The molecule has 2 aromatic heterocycles. The normalized spacial score (nSPS) is 12.9. The molecule has 0 fully saturated rings. The van der Waals surface area contributed by atoms with Crippen molar-refractivity contribution in [2.75, 3.05) is 24.3 Å². The standard InChI is InChI=1S/C25H33N7O3/c1-9-10-13-21(26-7)31(17-33)14-11-12-19(3)28-20-15-22(30(8)24(34)35-25(4,5)6)32-23(29-20)18(2)16-27-32/h9-17H,1H2,2-8H3,(H,28,29)/b13-10-,14-11-,19-12+,26-21?. The molecule has 2 heterocycles. The molecule has 2 aromatic rings. The van der Waals surface area contributed by atoms with Crippen LogP contribution in [-0.4, -0.2) is 57.5 Å². The van der Waals surface area contributed by atoms with E-state index >= 15 is 0 Å². The summed E-state index contributed by atoms with van der Waals surface area (Å²) in [7, 11) is 3.22. The quantitative estimate of drug-likeness (QED) is 0.259. The number of allylic oxidation sites excluding steroid dienone is 5. The Balaban J connectivity index is 2.31. The third kappa shape index (κ3) is 7.39. The molecule has 186 valence electrons. The van der Waals surface area contributed by atoms with Gasteiger partial charge in [0.2, 0.25) is 6.41 Å². The van der Waals surface area contributed by atoms with Gasteiger partial charge in [-0.2, -0.15) is 9.61 Å². The van der Waals surface area contributed by atoms with Gasteiger partial charge < -0.3 is 10.1 Å². The number of amidine groups is 1. The van der Waals surface area contributed by atoms with E-state index in [-0.39, 0.29) is 0 Å². The molecule has 35 heavy (non-hydrogen) atoms. The van der Waals surface area contributed by atoms with Crippen molar-refractivity contribution in [3.8, 4) is 0 Å². The predicted octanol–water partition coefficient (Wildman–Crippen LogP) is 4.47. The van der Waals surface area contributed by atoms with E-state index in [1.807, 2.05) is 34.6 Å². The summed E-state index contributed by atoms with van der Waals surface area (Å²) < 4.78 is 7.09. The Morgan fingerprint density at radius 1 is 1.31 bits per heavy atom. The maximum atomic E-state index is 12.7. The number of carbonyl (C=O) groups is 2. The molecule has 0 aromatic carbocycles. The number of carbonyl (C=O) groups excluding carboxylic acids is 2. The first kappa shape index (κ1) is 27.0. The molecule has 0 saturated heterocycles. The highest BCUT2D eigenvalue weighted by molar-refractivity contribution is 6.00. The van der Waals surface area contributed by atoms with Crippen LogP contribution in [0.4, 0.5) is 16.4 Å². The van der Waals surface area contributed by atoms with Gasteiger partial charge in [-0.3, -0.25) is 19.6 Å². The molecule has 0 aliphatic rings. The van der Waals surface area contributed by atoms with Crippen LogP contribution in [0.15, 0.2) is 66.1 Å². The average molecular weight is 480 g/mol. The zero-order chi connectivity index (χ0) is 26.2. The molecular formula is C25H33N7O3. The van der Waals surface area contributed by atoms with E-state index in [4.69, 9.17) is 4.74 Å². The second-order valence-electron chi connectivity index (χ2n) is 8.61. The van der Waals surface area contributed by atoms with Crippen molar-refractivity contribution >= 4 is 35.6 Å². The SMILES string of the molecule is C=C/C=C\C(=NC)N(C=O)/C=C\C=C(/C)Nc1cc(N(C)C(=O)OC(C)(C)C)n2ncc(C)c2n1. The summed E-state index contributed by atoms with van der Waals surface area (Å²) in [5, 5.41) is 7.57. The second-order valence-corrected chi connectivity index (χ2v) is 8.61. The van der Waals surface area contributed by atoms with Crippen molar-refractivity contribution in [3.05, 3.63) is 66.7 Å². The maximum absolute atomic E-state index is 12.7. The van der Waals surface area contributed by atoms with Gasteiger partial charge in [0.05, 0.1) is 6.20 Å². The van der Waals surface area contributed by atoms with Gasteiger partial charge >= 0.3 is 6.09 Å². The van der Waals surface area contributed by atoms with Gasteiger partial charge in [0.25, 0.3) is 0 Å². The molecule has 2 rings (SSSR count). The molecule has 1 N–H and O–H groups in total. The zero-order valence-corrected chi connectivity index (χ0v) is 21.3. The van der Waals surface area contributed by atoms with E-state index in [9.17, 15) is 9.59 Å². The number of nitrogens with zero attached hydrogens (tertiary/aromatic N) is 6. The number of anilines is 2. The summed E-state index contributed by atoms with van der Waals surface area (Å²) in [6, 6.07) is 1.71. The van der Waals surface area contributed by atoms with Crippen LogP contribution in [0.1, 0.15) is 33.3 Å². The van der Waals surface area contributed by atoms with Crippen molar-refractivity contribution in [1.29, 1.82) is 0 Å². The number of ether oxygens (including phenoxy) is 1. The van der Waals surface area contributed by atoms with Gasteiger partial charge in [0.15, 0.2) is 5.65 Å². The molecule has 0 aliphatic heterocycles. The Labute approximate surface area is 206 Å². The summed E-state index contributed by atoms with van der Waals surface area (Å²) in [5.74, 6) is 1.48. The summed E-state index contributed by atoms with van der Waals surface area (Å²) in [6.07, 6.45) is 11.9. The number of hydrogen-bond acceptors (Lipinski definition) is 7. The van der Waals surface area contributed by atoms with E-state index in [1.165, 1.54) is 9.80 Å². The molecule has 0 aliphatic carbocycles. The van der Waals surface area contributed by atoms with Crippen LogP contribution < -0.4 is 10.2 Å². The highest BCUT2D eigenvalue weighted by Gasteiger charge is 2.23. The largest absolute Gasteiger partial charge is 0.443 e. The Morgan fingerprint density at radius 2 is 2.03 bits per heavy atom. The highest BCUT2D eigenvalue weighted by atomic mass is 16.6. The van der Waals surface area contributed by atoms with Crippen molar-refractivity contribution < 1.29 is 14.3 Å². The fraction of sp³-hybridized carbons (Fsp3) is 0.320. The molecule has 0 bridgehead atoms. The van der Waals surface area contributed by atoms with E-state index in [2.05, 4.69) is 27.0 Å². The lowest BCUT2D eigenvalue weighted by Crippen LogP contribution is -2.35. The van der Waals surface area contributed by atoms with Gasteiger partial charge in [-0.1, -0.05) is 18.7 Å². The van der Waals surface area contributed by atoms with Crippen LogP contribution in [0.2, 0.25) is 0 Å². The van der Waals surface area contributed by atoms with Crippen LogP contribution >= 0.6 is 0 Å². The summed E-state index contributed by atoms with van der Waals surface area (Å²) >= 11 is 0. The molecular weight excluding hydrogens is 446 g/mol. The Bertz CT molecular complexity index is 1200.